The minimum absolute atomic E-state index is 0.0305. The van der Waals surface area contributed by atoms with E-state index < -0.39 is 25.0 Å². The Morgan fingerprint density at radius 1 is 0.808 bits per heavy atom. The monoisotopic (exact) mass is 411 g/mol. The lowest BCUT2D eigenvalue weighted by Crippen LogP contribution is -2.32. The summed E-state index contributed by atoms with van der Waals surface area (Å²) < 4.78 is 17.6. The summed E-state index contributed by atoms with van der Waals surface area (Å²) in [5, 5.41) is 0. The summed E-state index contributed by atoms with van der Waals surface area (Å²) in [5.74, 6) is 1.04. The molecule has 1 aromatic rings. The Morgan fingerprint density at radius 2 is 1.31 bits per heavy atom. The van der Waals surface area contributed by atoms with E-state index in [1.54, 1.807) is 0 Å². The third-order valence-electron chi connectivity index (χ3n) is 2.70. The van der Waals surface area contributed by atoms with Crippen LogP contribution in [0.25, 0.3) is 0 Å². The molecule has 1 rings (SSSR count). The summed E-state index contributed by atoms with van der Waals surface area (Å²) in [7, 11) is -5.43. The lowest BCUT2D eigenvalue weighted by atomic mass is 10.2. The third-order valence-corrected chi connectivity index (χ3v) is 5.19. The molecule has 0 amide bonds. The molecule has 0 aromatic heterocycles. The zero-order valence-electron chi connectivity index (χ0n) is 17.6. The molecule has 5 nitrogen and oxygen atoms in total. The molecule has 0 radical (unpaired) electrons. The third kappa shape index (κ3) is 9.93. The van der Waals surface area contributed by atoms with Crippen molar-refractivity contribution < 1.29 is 18.1 Å². The minimum atomic E-state index is -1.91. The average Bonchev–Trinajstić information content (AvgIpc) is 2.39. The molecule has 8 heteroatoms. The topological polar surface area (TPSA) is 57.1 Å². The quantitative estimate of drug-likeness (QED) is 0.365. The van der Waals surface area contributed by atoms with Crippen LogP contribution < -0.4 is 4.43 Å². The zero-order valence-corrected chi connectivity index (χ0v) is 20.6. The Hall–Kier alpha value is -1.39. The van der Waals surface area contributed by atoms with Crippen molar-refractivity contribution in [1.29, 1.82) is 0 Å². The van der Waals surface area contributed by atoms with Gasteiger partial charge in [-0.15, -0.1) is 0 Å². The molecule has 0 aliphatic carbocycles. The van der Waals surface area contributed by atoms with Crippen molar-refractivity contribution in [3.8, 4) is 5.75 Å². The molecular weight excluding hydrogens is 378 g/mol. The van der Waals surface area contributed by atoms with Gasteiger partial charge in [-0.2, -0.15) is 0 Å². The van der Waals surface area contributed by atoms with E-state index in [0.29, 0.717) is 5.90 Å². The molecule has 0 heterocycles. The molecule has 0 aliphatic heterocycles. The Balaban J connectivity index is 2.99. The first kappa shape index (κ1) is 22.7. The summed E-state index contributed by atoms with van der Waals surface area (Å²) in [6, 6.07) is 7.71. The number of carbonyl (C=O) groups is 1. The summed E-state index contributed by atoms with van der Waals surface area (Å²) in [5.41, 5.74) is 0.844. The number of hydrogen-bond acceptors (Lipinski definition) is 5. The largest absolute Gasteiger partial charge is 0.544 e. The van der Waals surface area contributed by atoms with Crippen LogP contribution in [-0.4, -0.2) is 43.4 Å². The van der Waals surface area contributed by atoms with Crippen LogP contribution in [0.1, 0.15) is 5.56 Å². The fraction of sp³-hybridized carbons (Fsp3) is 0.556. The van der Waals surface area contributed by atoms with Gasteiger partial charge in [0.25, 0.3) is 0 Å². The molecule has 0 atom stereocenters. The maximum Gasteiger partial charge on any atom is 0.314 e. The van der Waals surface area contributed by atoms with Gasteiger partial charge in [-0.25, -0.2) is 4.99 Å². The van der Waals surface area contributed by atoms with Gasteiger partial charge in [-0.3, -0.25) is 4.79 Å². The molecule has 146 valence electrons. The predicted octanol–water partition coefficient (Wildman–Crippen LogP) is 4.88. The highest BCUT2D eigenvalue weighted by Crippen LogP contribution is 2.19. The van der Waals surface area contributed by atoms with Crippen molar-refractivity contribution in [2.75, 3.05) is 6.54 Å². The van der Waals surface area contributed by atoms with E-state index in [-0.39, 0.29) is 12.5 Å². The highest BCUT2D eigenvalue weighted by Gasteiger charge is 2.23. The van der Waals surface area contributed by atoms with Gasteiger partial charge in [0.1, 0.15) is 12.3 Å². The molecule has 0 aliphatic rings. The number of benzene rings is 1. The molecule has 0 unspecified atom stereocenters. The number of aliphatic imine (C=N–C) groups is 1. The first-order valence-electron chi connectivity index (χ1n) is 8.89. The van der Waals surface area contributed by atoms with Crippen LogP contribution in [0.5, 0.6) is 5.75 Å². The van der Waals surface area contributed by atoms with E-state index in [2.05, 4.69) is 44.3 Å². The molecular formula is C18H33NO4Si3. The fourth-order valence-corrected chi connectivity index (χ4v) is 4.35. The normalized spacial score (nSPS) is 13.3. The van der Waals surface area contributed by atoms with Crippen molar-refractivity contribution in [3.63, 3.8) is 0 Å². The van der Waals surface area contributed by atoms with Crippen LogP contribution in [0.4, 0.5) is 0 Å². The van der Waals surface area contributed by atoms with E-state index in [4.69, 9.17) is 13.3 Å². The van der Waals surface area contributed by atoms with Gasteiger partial charge >= 0.3 is 5.97 Å². The molecule has 0 fully saturated rings. The summed E-state index contributed by atoms with van der Waals surface area (Å²) in [6.45, 7) is 18.6. The molecule has 0 saturated carbocycles. The number of hydrogen-bond donors (Lipinski definition) is 0. The minimum Gasteiger partial charge on any atom is -0.544 e. The average molecular weight is 412 g/mol. The van der Waals surface area contributed by atoms with Crippen molar-refractivity contribution in [2.45, 2.75) is 58.9 Å². The lowest BCUT2D eigenvalue weighted by molar-refractivity contribution is -0.133. The number of nitrogens with zero attached hydrogens (tertiary/aromatic N) is 1. The molecule has 0 N–H and O–H groups in total. The van der Waals surface area contributed by atoms with Crippen LogP contribution in [0, 0.1) is 0 Å². The maximum absolute atomic E-state index is 12.0. The van der Waals surface area contributed by atoms with Gasteiger partial charge < -0.3 is 13.3 Å². The maximum atomic E-state index is 12.0. The highest BCUT2D eigenvalue weighted by atomic mass is 28.4. The van der Waals surface area contributed by atoms with Crippen molar-refractivity contribution in [1.82, 2.24) is 0 Å². The summed E-state index contributed by atoms with van der Waals surface area (Å²) in [4.78, 5) is 16.4. The van der Waals surface area contributed by atoms with Crippen LogP contribution >= 0.6 is 0 Å². The smallest absolute Gasteiger partial charge is 0.314 e. The van der Waals surface area contributed by atoms with E-state index >= 15 is 0 Å². The van der Waals surface area contributed by atoms with Gasteiger partial charge in [-0.05, 0) is 83.2 Å². The Morgan fingerprint density at radius 3 is 1.73 bits per heavy atom. The van der Waals surface area contributed by atoms with Gasteiger partial charge in [0.15, 0.2) is 0 Å². The molecule has 1 aromatic carbocycles. The first-order valence-corrected chi connectivity index (χ1v) is 19.1. The molecule has 0 saturated heterocycles. The summed E-state index contributed by atoms with van der Waals surface area (Å²) in [6.07, 6.45) is 0. The van der Waals surface area contributed by atoms with Crippen LogP contribution in [-0.2, 0) is 13.6 Å². The Bertz CT molecular complexity index is 638. The Kier molecular flexibility index (Phi) is 7.43. The number of carbonyl (C=O) groups excluding carboxylic acids is 1. The van der Waals surface area contributed by atoms with E-state index in [1.807, 2.05) is 43.9 Å². The molecule has 0 spiro atoms. The second-order valence-electron chi connectivity index (χ2n) is 9.16. The Labute approximate surface area is 161 Å². The van der Waals surface area contributed by atoms with Gasteiger partial charge in [0.2, 0.25) is 30.8 Å². The van der Waals surface area contributed by atoms with Gasteiger partial charge in [0, 0.05) is 5.56 Å². The van der Waals surface area contributed by atoms with Crippen LogP contribution in [0.3, 0.4) is 0 Å². The molecule has 26 heavy (non-hydrogen) atoms. The van der Waals surface area contributed by atoms with Crippen LogP contribution in [0.2, 0.25) is 58.9 Å². The second kappa shape index (κ2) is 8.53. The fourth-order valence-electron chi connectivity index (χ4n) is 2.00. The summed E-state index contributed by atoms with van der Waals surface area (Å²) >= 11 is 0. The zero-order chi connectivity index (χ0) is 20.2. The highest BCUT2D eigenvalue weighted by molar-refractivity contribution is 6.72. The number of rotatable bonds is 7. The SMILES string of the molecule is C[Si](C)(C)OC(=O)CN=C(O[Si](C)(C)C)c1ccc(O[Si](C)(C)C)cc1. The van der Waals surface area contributed by atoms with Crippen LogP contribution in [0.15, 0.2) is 29.3 Å². The molecule has 0 bridgehead atoms. The van der Waals surface area contributed by atoms with Crippen molar-refractivity contribution >= 4 is 36.8 Å². The van der Waals surface area contributed by atoms with E-state index in [9.17, 15) is 4.79 Å². The van der Waals surface area contributed by atoms with E-state index in [0.717, 1.165) is 11.3 Å². The first-order chi connectivity index (χ1) is 11.6. The van der Waals surface area contributed by atoms with Gasteiger partial charge in [-0.1, -0.05) is 0 Å². The van der Waals surface area contributed by atoms with Crippen molar-refractivity contribution in [2.24, 2.45) is 4.99 Å². The predicted molar refractivity (Wildman–Crippen MR) is 116 cm³/mol. The second-order valence-corrected chi connectivity index (χ2v) is 22.4. The lowest BCUT2D eigenvalue weighted by Gasteiger charge is -2.22. The van der Waals surface area contributed by atoms with Gasteiger partial charge in [0.05, 0.1) is 0 Å². The van der Waals surface area contributed by atoms with Crippen molar-refractivity contribution in [3.05, 3.63) is 29.8 Å². The van der Waals surface area contributed by atoms with E-state index in [1.165, 1.54) is 0 Å². The standard InChI is InChI=1S/C18H33NO4Si3/c1-24(2,3)21-16-12-10-15(11-13-16)18(23-26(7,8)9)19-14-17(20)22-25(4,5)6/h10-13H,14H2,1-9H3.